The molecule has 1 fully saturated rings. The molecule has 0 aliphatic carbocycles. The molecular weight excluding hydrogens is 338 g/mol. The van der Waals surface area contributed by atoms with Crippen LogP contribution in [0.4, 0.5) is 5.82 Å². The zero-order chi connectivity index (χ0) is 18.9. The number of guanidine groups is 1. The summed E-state index contributed by atoms with van der Waals surface area (Å²) in [6.45, 7) is 6.18. The van der Waals surface area contributed by atoms with Gasteiger partial charge in [0.05, 0.1) is 12.7 Å². The molecule has 0 spiro atoms. The van der Waals surface area contributed by atoms with Crippen LogP contribution in [-0.4, -0.2) is 50.3 Å². The molecule has 1 unspecified atom stereocenters. The monoisotopic (exact) mass is 367 g/mol. The lowest BCUT2D eigenvalue weighted by atomic mass is 10.1. The van der Waals surface area contributed by atoms with Crippen molar-refractivity contribution in [2.45, 2.75) is 26.0 Å². The van der Waals surface area contributed by atoms with Gasteiger partial charge in [0.25, 0.3) is 0 Å². The molecule has 0 bridgehead atoms. The number of anilines is 1. The van der Waals surface area contributed by atoms with Gasteiger partial charge in [-0.25, -0.2) is 4.98 Å². The van der Waals surface area contributed by atoms with Gasteiger partial charge in [0.1, 0.15) is 5.82 Å². The molecule has 1 atom stereocenters. The third kappa shape index (κ3) is 5.96. The van der Waals surface area contributed by atoms with Gasteiger partial charge in [0.2, 0.25) is 0 Å². The van der Waals surface area contributed by atoms with Gasteiger partial charge in [-0.2, -0.15) is 0 Å². The van der Waals surface area contributed by atoms with E-state index in [1.54, 1.807) is 7.05 Å². The normalized spacial score (nSPS) is 17.6. The van der Waals surface area contributed by atoms with Gasteiger partial charge >= 0.3 is 0 Å². The summed E-state index contributed by atoms with van der Waals surface area (Å²) < 4.78 is 5.59. The minimum atomic E-state index is 0.257. The number of ether oxygens (including phenoxy) is 1. The summed E-state index contributed by atoms with van der Waals surface area (Å²) in [4.78, 5) is 11.2. The molecule has 27 heavy (non-hydrogen) atoms. The van der Waals surface area contributed by atoms with Gasteiger partial charge in [0.15, 0.2) is 5.96 Å². The molecule has 0 saturated carbocycles. The summed E-state index contributed by atoms with van der Waals surface area (Å²) in [6, 6.07) is 14.7. The SMILES string of the molecule is CN=C(NCCc1ccccc1)NCc1ccc(N2CCOC(C)C2)nc1. The molecule has 1 aromatic heterocycles. The number of hydrogen-bond donors (Lipinski definition) is 2. The summed E-state index contributed by atoms with van der Waals surface area (Å²) in [7, 11) is 1.79. The third-order valence-corrected chi connectivity index (χ3v) is 4.61. The topological polar surface area (TPSA) is 61.8 Å². The summed E-state index contributed by atoms with van der Waals surface area (Å²) in [6.07, 6.45) is 3.15. The second-order valence-corrected chi connectivity index (χ2v) is 6.74. The predicted octanol–water partition coefficient (Wildman–Crippen LogP) is 2.21. The van der Waals surface area contributed by atoms with E-state index >= 15 is 0 Å². The Morgan fingerprint density at radius 1 is 1.19 bits per heavy atom. The quantitative estimate of drug-likeness (QED) is 0.606. The fourth-order valence-electron chi connectivity index (χ4n) is 3.11. The van der Waals surface area contributed by atoms with Crippen LogP contribution in [0.5, 0.6) is 0 Å². The first-order valence-electron chi connectivity index (χ1n) is 9.54. The Balaban J connectivity index is 1.44. The molecule has 0 radical (unpaired) electrons. The average Bonchev–Trinajstić information content (AvgIpc) is 2.72. The van der Waals surface area contributed by atoms with Crippen molar-refractivity contribution in [3.63, 3.8) is 0 Å². The van der Waals surface area contributed by atoms with Crippen LogP contribution in [0.25, 0.3) is 0 Å². The lowest BCUT2D eigenvalue weighted by Crippen LogP contribution is -2.41. The van der Waals surface area contributed by atoms with Crippen LogP contribution in [-0.2, 0) is 17.7 Å². The molecule has 0 amide bonds. The lowest BCUT2D eigenvalue weighted by Gasteiger charge is -2.32. The summed E-state index contributed by atoms with van der Waals surface area (Å²) in [5, 5.41) is 6.70. The predicted molar refractivity (Wildman–Crippen MR) is 110 cm³/mol. The Bertz CT molecular complexity index is 717. The number of aromatic nitrogens is 1. The van der Waals surface area contributed by atoms with Gasteiger partial charge in [0, 0.05) is 39.4 Å². The Morgan fingerprint density at radius 2 is 2.04 bits per heavy atom. The lowest BCUT2D eigenvalue weighted by molar-refractivity contribution is 0.0529. The van der Waals surface area contributed by atoms with E-state index in [4.69, 9.17) is 4.74 Å². The van der Waals surface area contributed by atoms with Gasteiger partial charge in [-0.3, -0.25) is 4.99 Å². The molecule has 1 aromatic carbocycles. The highest BCUT2D eigenvalue weighted by molar-refractivity contribution is 5.79. The molecule has 2 heterocycles. The minimum Gasteiger partial charge on any atom is -0.375 e. The number of benzene rings is 1. The van der Waals surface area contributed by atoms with Gasteiger partial charge in [-0.15, -0.1) is 0 Å². The second kappa shape index (κ2) is 9.92. The van der Waals surface area contributed by atoms with Crippen molar-refractivity contribution in [1.29, 1.82) is 0 Å². The summed E-state index contributed by atoms with van der Waals surface area (Å²) in [5.74, 6) is 1.82. The molecule has 6 heteroatoms. The second-order valence-electron chi connectivity index (χ2n) is 6.74. The highest BCUT2D eigenvalue weighted by atomic mass is 16.5. The molecule has 144 valence electrons. The number of aliphatic imine (C=N–C) groups is 1. The molecule has 1 saturated heterocycles. The van der Waals surface area contributed by atoms with Crippen LogP contribution in [0.3, 0.4) is 0 Å². The van der Waals surface area contributed by atoms with Gasteiger partial charge in [-0.1, -0.05) is 36.4 Å². The number of morpholine rings is 1. The van der Waals surface area contributed by atoms with Crippen molar-refractivity contribution < 1.29 is 4.74 Å². The minimum absolute atomic E-state index is 0.257. The van der Waals surface area contributed by atoms with Crippen LogP contribution in [0.15, 0.2) is 53.7 Å². The van der Waals surface area contributed by atoms with E-state index in [0.29, 0.717) is 6.54 Å². The zero-order valence-electron chi connectivity index (χ0n) is 16.2. The average molecular weight is 367 g/mol. The highest BCUT2D eigenvalue weighted by Gasteiger charge is 2.17. The van der Waals surface area contributed by atoms with E-state index in [1.165, 1.54) is 5.56 Å². The Kier molecular flexibility index (Phi) is 7.04. The van der Waals surface area contributed by atoms with E-state index in [1.807, 2.05) is 12.3 Å². The molecule has 1 aliphatic rings. The summed E-state index contributed by atoms with van der Waals surface area (Å²) in [5.41, 5.74) is 2.45. The first-order chi connectivity index (χ1) is 13.2. The first-order valence-corrected chi connectivity index (χ1v) is 9.54. The number of pyridine rings is 1. The Morgan fingerprint density at radius 3 is 2.74 bits per heavy atom. The largest absolute Gasteiger partial charge is 0.375 e. The Hall–Kier alpha value is -2.60. The van der Waals surface area contributed by atoms with Crippen molar-refractivity contribution in [3.8, 4) is 0 Å². The van der Waals surface area contributed by atoms with Crippen LogP contribution in [0.1, 0.15) is 18.1 Å². The fourth-order valence-corrected chi connectivity index (χ4v) is 3.11. The van der Waals surface area contributed by atoms with Crippen LogP contribution in [0.2, 0.25) is 0 Å². The van der Waals surface area contributed by atoms with E-state index in [-0.39, 0.29) is 6.10 Å². The van der Waals surface area contributed by atoms with Crippen LogP contribution in [0, 0.1) is 0 Å². The standard InChI is InChI=1S/C21H29N5O/c1-17-16-26(12-13-27-17)20-9-8-19(14-24-20)15-25-21(22-2)23-11-10-18-6-4-3-5-7-18/h3-9,14,17H,10-13,15-16H2,1-2H3,(H2,22,23,25). The third-order valence-electron chi connectivity index (χ3n) is 4.61. The van der Waals surface area contributed by atoms with Crippen molar-refractivity contribution in [1.82, 2.24) is 15.6 Å². The number of nitrogens with zero attached hydrogens (tertiary/aromatic N) is 3. The maximum Gasteiger partial charge on any atom is 0.191 e. The van der Waals surface area contributed by atoms with E-state index in [9.17, 15) is 0 Å². The van der Waals surface area contributed by atoms with Crippen LogP contribution < -0.4 is 15.5 Å². The Labute approximate surface area is 161 Å². The molecule has 1 aliphatic heterocycles. The van der Waals surface area contributed by atoms with E-state index < -0.39 is 0 Å². The molecule has 2 N–H and O–H groups in total. The van der Waals surface area contributed by atoms with E-state index in [2.05, 4.69) is 68.8 Å². The highest BCUT2D eigenvalue weighted by Crippen LogP contribution is 2.15. The number of rotatable bonds is 6. The number of nitrogens with one attached hydrogen (secondary N) is 2. The fraction of sp³-hybridized carbons (Fsp3) is 0.429. The van der Waals surface area contributed by atoms with Crippen molar-refractivity contribution >= 4 is 11.8 Å². The van der Waals surface area contributed by atoms with Gasteiger partial charge in [-0.05, 0) is 30.5 Å². The molecular formula is C21H29N5O. The van der Waals surface area contributed by atoms with Crippen molar-refractivity contribution in [2.24, 2.45) is 4.99 Å². The van der Waals surface area contributed by atoms with Crippen molar-refractivity contribution in [3.05, 3.63) is 59.8 Å². The van der Waals surface area contributed by atoms with Crippen molar-refractivity contribution in [2.75, 3.05) is 38.2 Å². The maximum atomic E-state index is 5.59. The van der Waals surface area contributed by atoms with Crippen LogP contribution >= 0.6 is 0 Å². The maximum absolute atomic E-state index is 5.59. The smallest absolute Gasteiger partial charge is 0.191 e. The first kappa shape index (κ1) is 19.2. The van der Waals surface area contributed by atoms with Gasteiger partial charge < -0.3 is 20.3 Å². The molecule has 3 rings (SSSR count). The molecule has 2 aromatic rings. The zero-order valence-corrected chi connectivity index (χ0v) is 16.2. The molecule has 6 nitrogen and oxygen atoms in total. The summed E-state index contributed by atoms with van der Waals surface area (Å²) >= 11 is 0. The number of hydrogen-bond acceptors (Lipinski definition) is 4. The van der Waals surface area contributed by atoms with E-state index in [0.717, 1.165) is 50.0 Å².